The Bertz CT molecular complexity index is 382. The summed E-state index contributed by atoms with van der Waals surface area (Å²) in [7, 11) is 0. The molecule has 92 valence electrons. The highest BCUT2D eigenvalue weighted by Gasteiger charge is 1.97. The number of nitrogens with one attached hydrogen (secondary N) is 2. The van der Waals surface area contributed by atoms with Crippen molar-refractivity contribution >= 4 is 23.5 Å². The SMILES string of the molecule is CCNC(=S)NN=Cc1ccc(C(C)C)cc1. The van der Waals surface area contributed by atoms with Gasteiger partial charge in [-0.05, 0) is 36.2 Å². The Kier molecular flexibility index (Phi) is 5.63. The highest BCUT2D eigenvalue weighted by molar-refractivity contribution is 7.80. The van der Waals surface area contributed by atoms with E-state index in [-0.39, 0.29) is 0 Å². The van der Waals surface area contributed by atoms with E-state index >= 15 is 0 Å². The summed E-state index contributed by atoms with van der Waals surface area (Å²) in [6.07, 6.45) is 1.76. The maximum atomic E-state index is 4.99. The minimum atomic E-state index is 0.544. The molecule has 0 atom stereocenters. The van der Waals surface area contributed by atoms with Gasteiger partial charge in [0.2, 0.25) is 0 Å². The molecule has 0 aliphatic carbocycles. The summed E-state index contributed by atoms with van der Waals surface area (Å²) in [5, 5.41) is 7.56. The second kappa shape index (κ2) is 7.01. The van der Waals surface area contributed by atoms with Crippen molar-refractivity contribution in [1.82, 2.24) is 10.7 Å². The lowest BCUT2D eigenvalue weighted by atomic mass is 10.0. The van der Waals surface area contributed by atoms with E-state index in [2.05, 4.69) is 54.0 Å². The summed E-state index contributed by atoms with van der Waals surface area (Å²) >= 11 is 4.99. The molecule has 0 saturated carbocycles. The Morgan fingerprint density at radius 2 is 2.00 bits per heavy atom. The van der Waals surface area contributed by atoms with Crippen LogP contribution in [0.15, 0.2) is 29.4 Å². The van der Waals surface area contributed by atoms with Gasteiger partial charge >= 0.3 is 0 Å². The third-order valence-electron chi connectivity index (χ3n) is 2.32. The van der Waals surface area contributed by atoms with Gasteiger partial charge in [0.25, 0.3) is 0 Å². The molecule has 0 bridgehead atoms. The van der Waals surface area contributed by atoms with Crippen LogP contribution in [0.4, 0.5) is 0 Å². The fourth-order valence-electron chi connectivity index (χ4n) is 1.33. The fourth-order valence-corrected chi connectivity index (χ4v) is 1.53. The quantitative estimate of drug-likeness (QED) is 0.489. The summed E-state index contributed by atoms with van der Waals surface area (Å²) < 4.78 is 0. The van der Waals surface area contributed by atoms with Crippen LogP contribution in [0, 0.1) is 0 Å². The van der Waals surface area contributed by atoms with Gasteiger partial charge in [-0.25, -0.2) is 0 Å². The lowest BCUT2D eigenvalue weighted by molar-refractivity contribution is 0.866. The lowest BCUT2D eigenvalue weighted by Crippen LogP contribution is -2.31. The molecule has 0 spiro atoms. The summed E-state index contributed by atoms with van der Waals surface area (Å²) in [6.45, 7) is 7.14. The van der Waals surface area contributed by atoms with Crippen LogP contribution in [0.2, 0.25) is 0 Å². The van der Waals surface area contributed by atoms with Gasteiger partial charge in [0.05, 0.1) is 6.21 Å². The molecule has 0 amide bonds. The van der Waals surface area contributed by atoms with Gasteiger partial charge in [-0.3, -0.25) is 5.43 Å². The van der Waals surface area contributed by atoms with Crippen LogP contribution < -0.4 is 10.7 Å². The van der Waals surface area contributed by atoms with Crippen LogP contribution in [0.5, 0.6) is 0 Å². The minimum Gasteiger partial charge on any atom is -0.362 e. The summed E-state index contributed by atoms with van der Waals surface area (Å²) in [6, 6.07) is 8.34. The molecule has 1 aromatic rings. The first-order valence-electron chi connectivity index (χ1n) is 5.80. The lowest BCUT2D eigenvalue weighted by Gasteiger charge is -2.05. The highest BCUT2D eigenvalue weighted by atomic mass is 32.1. The molecule has 17 heavy (non-hydrogen) atoms. The van der Waals surface area contributed by atoms with Crippen molar-refractivity contribution in [2.75, 3.05) is 6.54 Å². The van der Waals surface area contributed by atoms with E-state index in [9.17, 15) is 0 Å². The molecule has 1 aromatic carbocycles. The van der Waals surface area contributed by atoms with Crippen molar-refractivity contribution in [3.63, 3.8) is 0 Å². The van der Waals surface area contributed by atoms with Crippen LogP contribution in [-0.4, -0.2) is 17.9 Å². The molecular formula is C13H19N3S. The minimum absolute atomic E-state index is 0.544. The third kappa shape index (κ3) is 4.95. The van der Waals surface area contributed by atoms with Crippen LogP contribution >= 0.6 is 12.2 Å². The average Bonchev–Trinajstić information content (AvgIpc) is 2.30. The predicted molar refractivity (Wildman–Crippen MR) is 77.5 cm³/mol. The molecule has 4 heteroatoms. The van der Waals surface area contributed by atoms with Crippen LogP contribution in [0.25, 0.3) is 0 Å². The maximum absolute atomic E-state index is 4.99. The fraction of sp³-hybridized carbons (Fsp3) is 0.385. The van der Waals surface area contributed by atoms with Crippen molar-refractivity contribution in [2.24, 2.45) is 5.10 Å². The van der Waals surface area contributed by atoms with Crippen molar-refractivity contribution < 1.29 is 0 Å². The van der Waals surface area contributed by atoms with E-state index in [4.69, 9.17) is 12.2 Å². The number of hydrogen-bond donors (Lipinski definition) is 2. The molecule has 1 rings (SSSR count). The first kappa shape index (κ1) is 13.6. The first-order chi connectivity index (χ1) is 8.13. The zero-order chi connectivity index (χ0) is 12.7. The van der Waals surface area contributed by atoms with E-state index < -0.39 is 0 Å². The second-order valence-corrected chi connectivity index (χ2v) is 4.46. The van der Waals surface area contributed by atoms with E-state index in [1.807, 2.05) is 6.92 Å². The largest absolute Gasteiger partial charge is 0.362 e. The van der Waals surface area contributed by atoms with Crippen molar-refractivity contribution in [3.05, 3.63) is 35.4 Å². The zero-order valence-electron chi connectivity index (χ0n) is 10.5. The van der Waals surface area contributed by atoms with E-state index in [0.29, 0.717) is 11.0 Å². The van der Waals surface area contributed by atoms with Gasteiger partial charge in [-0.2, -0.15) is 5.10 Å². The van der Waals surface area contributed by atoms with Crippen molar-refractivity contribution in [3.8, 4) is 0 Å². The molecule has 3 nitrogen and oxygen atoms in total. The Labute approximate surface area is 108 Å². The first-order valence-corrected chi connectivity index (χ1v) is 6.21. The Balaban J connectivity index is 2.51. The molecule has 0 unspecified atom stereocenters. The molecule has 0 aromatic heterocycles. The number of rotatable bonds is 4. The van der Waals surface area contributed by atoms with Gasteiger partial charge in [-0.15, -0.1) is 0 Å². The number of thiocarbonyl (C=S) groups is 1. The van der Waals surface area contributed by atoms with E-state index in [1.165, 1.54) is 5.56 Å². The number of nitrogens with zero attached hydrogens (tertiary/aromatic N) is 1. The van der Waals surface area contributed by atoms with E-state index in [0.717, 1.165) is 12.1 Å². The Hall–Kier alpha value is -1.42. The third-order valence-corrected chi connectivity index (χ3v) is 2.56. The molecule has 0 aliphatic rings. The van der Waals surface area contributed by atoms with Crippen LogP contribution in [0.1, 0.15) is 37.8 Å². The summed E-state index contributed by atoms with van der Waals surface area (Å²) in [5.74, 6) is 0.556. The average molecular weight is 249 g/mol. The van der Waals surface area contributed by atoms with Gasteiger partial charge in [-0.1, -0.05) is 38.1 Å². The number of hydrogen-bond acceptors (Lipinski definition) is 2. The van der Waals surface area contributed by atoms with Crippen LogP contribution in [-0.2, 0) is 0 Å². The zero-order valence-corrected chi connectivity index (χ0v) is 11.3. The molecule has 0 fully saturated rings. The monoisotopic (exact) mass is 249 g/mol. The topological polar surface area (TPSA) is 36.4 Å². The number of hydrazone groups is 1. The van der Waals surface area contributed by atoms with Gasteiger partial charge in [0.15, 0.2) is 5.11 Å². The molecule has 0 saturated heterocycles. The molecule has 0 radical (unpaired) electrons. The normalized spacial score (nSPS) is 10.8. The van der Waals surface area contributed by atoms with Gasteiger partial charge in [0.1, 0.15) is 0 Å². The summed E-state index contributed by atoms with van der Waals surface area (Å²) in [4.78, 5) is 0. The molecule has 0 heterocycles. The highest BCUT2D eigenvalue weighted by Crippen LogP contribution is 2.13. The standard InChI is InChI=1S/C13H19N3S/c1-4-14-13(17)16-15-9-11-5-7-12(8-6-11)10(2)3/h5-10H,4H2,1-3H3,(H2,14,16,17). The Morgan fingerprint density at radius 3 is 2.53 bits per heavy atom. The summed E-state index contributed by atoms with van der Waals surface area (Å²) in [5.41, 5.74) is 5.15. The van der Waals surface area contributed by atoms with Crippen LogP contribution in [0.3, 0.4) is 0 Å². The Morgan fingerprint density at radius 1 is 1.35 bits per heavy atom. The smallest absolute Gasteiger partial charge is 0.186 e. The van der Waals surface area contributed by atoms with Gasteiger partial charge in [0, 0.05) is 6.54 Å². The van der Waals surface area contributed by atoms with Crippen molar-refractivity contribution in [2.45, 2.75) is 26.7 Å². The molecule has 2 N–H and O–H groups in total. The maximum Gasteiger partial charge on any atom is 0.186 e. The second-order valence-electron chi connectivity index (χ2n) is 4.05. The van der Waals surface area contributed by atoms with Crippen molar-refractivity contribution in [1.29, 1.82) is 0 Å². The molecule has 0 aliphatic heterocycles. The number of benzene rings is 1. The van der Waals surface area contributed by atoms with E-state index in [1.54, 1.807) is 6.21 Å². The molecular weight excluding hydrogens is 230 g/mol. The predicted octanol–water partition coefficient (Wildman–Crippen LogP) is 2.63. The van der Waals surface area contributed by atoms with Gasteiger partial charge < -0.3 is 5.32 Å².